The minimum absolute atomic E-state index is 0.0852. The summed E-state index contributed by atoms with van der Waals surface area (Å²) in [6, 6.07) is 1.94. The molecule has 2 atom stereocenters. The van der Waals surface area contributed by atoms with E-state index in [-0.39, 0.29) is 30.0 Å². The maximum atomic E-state index is 12.2. The Morgan fingerprint density at radius 1 is 1.43 bits per heavy atom. The highest BCUT2D eigenvalue weighted by Crippen LogP contribution is 2.29. The Hall–Kier alpha value is -1.08. The summed E-state index contributed by atoms with van der Waals surface area (Å²) in [6.07, 6.45) is 1.86. The van der Waals surface area contributed by atoms with Crippen molar-refractivity contribution in [2.75, 3.05) is 17.2 Å². The minimum Gasteiger partial charge on any atom is -0.297 e. The van der Waals surface area contributed by atoms with Crippen LogP contribution in [0.15, 0.2) is 12.3 Å². The molecule has 0 saturated carbocycles. The van der Waals surface area contributed by atoms with E-state index in [9.17, 15) is 13.2 Å². The third kappa shape index (κ3) is 3.77. The van der Waals surface area contributed by atoms with Crippen molar-refractivity contribution in [2.24, 2.45) is 11.8 Å². The van der Waals surface area contributed by atoms with Gasteiger partial charge in [-0.25, -0.2) is 13.1 Å². The van der Waals surface area contributed by atoms with Crippen LogP contribution in [0.25, 0.3) is 0 Å². The van der Waals surface area contributed by atoms with Gasteiger partial charge in [0, 0.05) is 35.6 Å². The maximum absolute atomic E-state index is 12.2. The van der Waals surface area contributed by atoms with Crippen molar-refractivity contribution in [2.45, 2.75) is 33.2 Å². The molecule has 1 aliphatic rings. The van der Waals surface area contributed by atoms with Crippen LogP contribution in [-0.4, -0.2) is 36.4 Å². The first-order valence-electron chi connectivity index (χ1n) is 6.95. The molecule has 8 heteroatoms. The van der Waals surface area contributed by atoms with Gasteiger partial charge < -0.3 is 0 Å². The number of amides is 1. The number of nitrogens with zero attached hydrogens (tertiary/aromatic N) is 3. The highest BCUT2D eigenvalue weighted by molar-refractivity contribution is 8.13. The third-order valence-electron chi connectivity index (χ3n) is 3.92. The SMILES string of the molecule is CC(C)C(C)n1nccc1N1CC(CS(=O)(=O)Cl)CC1=O. The second-order valence-electron chi connectivity index (χ2n) is 5.90. The predicted octanol–water partition coefficient (Wildman–Crippen LogP) is 2.02. The van der Waals surface area contributed by atoms with Crippen molar-refractivity contribution < 1.29 is 13.2 Å². The minimum atomic E-state index is -3.59. The van der Waals surface area contributed by atoms with Gasteiger partial charge in [-0.05, 0) is 12.8 Å². The lowest BCUT2D eigenvalue weighted by molar-refractivity contribution is -0.117. The van der Waals surface area contributed by atoms with Gasteiger partial charge in [-0.15, -0.1) is 0 Å². The van der Waals surface area contributed by atoms with Gasteiger partial charge in [-0.3, -0.25) is 9.69 Å². The molecule has 0 aliphatic carbocycles. The van der Waals surface area contributed by atoms with Gasteiger partial charge in [-0.2, -0.15) is 5.10 Å². The molecule has 0 N–H and O–H groups in total. The number of carbonyl (C=O) groups is 1. The lowest BCUT2D eigenvalue weighted by atomic mass is 10.1. The van der Waals surface area contributed by atoms with Crippen molar-refractivity contribution in [1.82, 2.24) is 9.78 Å². The van der Waals surface area contributed by atoms with Crippen LogP contribution in [0.1, 0.15) is 33.2 Å². The molecule has 1 aromatic rings. The van der Waals surface area contributed by atoms with E-state index >= 15 is 0 Å². The Morgan fingerprint density at radius 2 is 2.10 bits per heavy atom. The summed E-state index contributed by atoms with van der Waals surface area (Å²) < 4.78 is 24.2. The maximum Gasteiger partial charge on any atom is 0.232 e. The van der Waals surface area contributed by atoms with Crippen molar-refractivity contribution in [3.63, 3.8) is 0 Å². The van der Waals surface area contributed by atoms with Crippen molar-refractivity contribution in [3.05, 3.63) is 12.3 Å². The van der Waals surface area contributed by atoms with Gasteiger partial charge in [0.2, 0.25) is 15.0 Å². The van der Waals surface area contributed by atoms with Crippen LogP contribution in [0.4, 0.5) is 5.82 Å². The van der Waals surface area contributed by atoms with Crippen LogP contribution in [0.2, 0.25) is 0 Å². The van der Waals surface area contributed by atoms with Crippen LogP contribution in [0.3, 0.4) is 0 Å². The van der Waals surface area contributed by atoms with Crippen molar-refractivity contribution in [3.8, 4) is 0 Å². The fraction of sp³-hybridized carbons (Fsp3) is 0.692. The summed E-state index contributed by atoms with van der Waals surface area (Å²) in [5.74, 6) is 0.566. The molecule has 0 radical (unpaired) electrons. The van der Waals surface area contributed by atoms with Crippen LogP contribution in [-0.2, 0) is 13.8 Å². The lowest BCUT2D eigenvalue weighted by Gasteiger charge is -2.23. The molecule has 1 saturated heterocycles. The molecule has 2 rings (SSSR count). The number of carbonyl (C=O) groups excluding carboxylic acids is 1. The average Bonchev–Trinajstić information content (AvgIpc) is 2.92. The molecule has 1 amide bonds. The van der Waals surface area contributed by atoms with Crippen LogP contribution in [0.5, 0.6) is 0 Å². The summed E-state index contributed by atoms with van der Waals surface area (Å²) in [5.41, 5.74) is 0. The van der Waals surface area contributed by atoms with Crippen molar-refractivity contribution in [1.29, 1.82) is 0 Å². The molecule has 21 heavy (non-hydrogen) atoms. The predicted molar refractivity (Wildman–Crippen MR) is 81.9 cm³/mol. The monoisotopic (exact) mass is 333 g/mol. The zero-order valence-corrected chi connectivity index (χ0v) is 13.9. The van der Waals surface area contributed by atoms with Gasteiger partial charge in [0.25, 0.3) is 0 Å². The molecule has 6 nitrogen and oxygen atoms in total. The molecule has 118 valence electrons. The van der Waals surface area contributed by atoms with Gasteiger partial charge in [0.05, 0.1) is 18.0 Å². The van der Waals surface area contributed by atoms with Crippen LogP contribution in [0, 0.1) is 11.8 Å². The molecule has 1 aliphatic heterocycles. The Bertz CT molecular complexity index is 626. The largest absolute Gasteiger partial charge is 0.297 e. The lowest BCUT2D eigenvalue weighted by Crippen LogP contribution is -2.29. The summed E-state index contributed by atoms with van der Waals surface area (Å²) >= 11 is 0. The van der Waals surface area contributed by atoms with E-state index in [1.165, 1.54) is 0 Å². The molecular weight excluding hydrogens is 314 g/mol. The van der Waals surface area contributed by atoms with Gasteiger partial charge in [-0.1, -0.05) is 13.8 Å². The van der Waals surface area contributed by atoms with E-state index in [4.69, 9.17) is 10.7 Å². The Labute approximate surface area is 129 Å². The molecule has 0 aromatic carbocycles. The second-order valence-corrected chi connectivity index (χ2v) is 8.72. The fourth-order valence-electron chi connectivity index (χ4n) is 2.51. The first kappa shape index (κ1) is 16.3. The van der Waals surface area contributed by atoms with Gasteiger partial charge >= 0.3 is 0 Å². The number of rotatable bonds is 5. The van der Waals surface area contributed by atoms with Gasteiger partial charge in [0.15, 0.2) is 0 Å². The van der Waals surface area contributed by atoms with Crippen molar-refractivity contribution >= 4 is 31.5 Å². The highest BCUT2D eigenvalue weighted by Gasteiger charge is 2.35. The first-order chi connectivity index (χ1) is 9.69. The molecule has 1 aromatic heterocycles. The smallest absolute Gasteiger partial charge is 0.232 e. The fourth-order valence-corrected chi connectivity index (χ4v) is 3.83. The third-order valence-corrected chi connectivity index (χ3v) is 5.16. The summed E-state index contributed by atoms with van der Waals surface area (Å²) in [4.78, 5) is 13.8. The van der Waals surface area contributed by atoms with E-state index in [0.29, 0.717) is 12.5 Å². The first-order valence-corrected chi connectivity index (χ1v) is 9.43. The molecule has 0 spiro atoms. The quantitative estimate of drug-likeness (QED) is 0.773. The number of hydrogen-bond acceptors (Lipinski definition) is 4. The van der Waals surface area contributed by atoms with E-state index in [0.717, 1.165) is 5.82 Å². The summed E-state index contributed by atoms with van der Waals surface area (Å²) in [7, 11) is 1.69. The van der Waals surface area contributed by atoms with Crippen LogP contribution < -0.4 is 4.90 Å². The Kier molecular flexibility index (Phi) is 4.63. The van der Waals surface area contributed by atoms with E-state index in [2.05, 4.69) is 18.9 Å². The molecule has 2 heterocycles. The standard InChI is InChI=1S/C13H20ClN3O3S/c1-9(2)10(3)17-12(4-5-15-17)16-7-11(6-13(16)18)8-21(14,19)20/h4-5,9-11H,6-8H2,1-3H3. The Balaban J connectivity index is 2.20. The number of halogens is 1. The Morgan fingerprint density at radius 3 is 2.67 bits per heavy atom. The van der Waals surface area contributed by atoms with E-state index in [1.807, 2.05) is 11.6 Å². The van der Waals surface area contributed by atoms with E-state index < -0.39 is 9.05 Å². The molecule has 1 fully saturated rings. The number of aromatic nitrogens is 2. The average molecular weight is 334 g/mol. The number of hydrogen-bond donors (Lipinski definition) is 0. The normalized spacial score (nSPS) is 21.3. The molecular formula is C13H20ClN3O3S. The molecule has 0 bridgehead atoms. The van der Waals surface area contributed by atoms with Gasteiger partial charge in [0.1, 0.15) is 5.82 Å². The topological polar surface area (TPSA) is 72.3 Å². The van der Waals surface area contributed by atoms with Crippen LogP contribution >= 0.6 is 10.7 Å². The summed E-state index contributed by atoms with van der Waals surface area (Å²) in [6.45, 7) is 6.58. The van der Waals surface area contributed by atoms with E-state index in [1.54, 1.807) is 17.2 Å². The zero-order chi connectivity index (χ0) is 15.8. The number of anilines is 1. The second kappa shape index (κ2) is 5.96. The highest BCUT2D eigenvalue weighted by atomic mass is 35.7. The summed E-state index contributed by atoms with van der Waals surface area (Å²) in [5, 5.41) is 4.29. The molecule has 2 unspecified atom stereocenters. The zero-order valence-electron chi connectivity index (χ0n) is 12.4.